The van der Waals surface area contributed by atoms with Gasteiger partial charge in [-0.25, -0.2) is 0 Å². The van der Waals surface area contributed by atoms with Crippen molar-refractivity contribution in [3.8, 4) is 0 Å². The van der Waals surface area contributed by atoms with Gasteiger partial charge in [-0.2, -0.15) is 0 Å². The van der Waals surface area contributed by atoms with Crippen LogP contribution < -0.4 is 0 Å². The zero-order valence-corrected chi connectivity index (χ0v) is 9.88. The quantitative estimate of drug-likeness (QED) is 0.693. The summed E-state index contributed by atoms with van der Waals surface area (Å²) >= 11 is 0.796. The van der Waals surface area contributed by atoms with Crippen LogP contribution in [0.3, 0.4) is 0 Å². The van der Waals surface area contributed by atoms with E-state index in [4.69, 9.17) is 4.74 Å². The average Bonchev–Trinajstić information content (AvgIpc) is 1.98. The fourth-order valence-electron chi connectivity index (χ4n) is 0.508. The van der Waals surface area contributed by atoms with E-state index < -0.39 is 4.14 Å². The van der Waals surface area contributed by atoms with E-state index in [2.05, 4.69) is 0 Å². The molecule has 62 valence electrons. The molecule has 0 radical (unpaired) electrons. The Bertz CT molecular complexity index is 156. The summed E-state index contributed by atoms with van der Waals surface area (Å²) in [6, 6.07) is 0. The van der Waals surface area contributed by atoms with Crippen molar-refractivity contribution in [2.75, 3.05) is 13.2 Å². The molecule has 1 unspecified atom stereocenters. The Hall–Kier alpha value is 0.0403. The molecule has 3 nitrogen and oxygen atoms in total. The van der Waals surface area contributed by atoms with Gasteiger partial charge in [0.05, 0.1) is 0 Å². The van der Waals surface area contributed by atoms with Crippen molar-refractivity contribution in [1.82, 2.24) is 0 Å². The molecule has 0 fully saturated rings. The first kappa shape index (κ1) is 11.0. The van der Waals surface area contributed by atoms with Crippen LogP contribution in [0.15, 0.2) is 0 Å². The molecule has 0 rings (SSSR count). The van der Waals surface area contributed by atoms with Gasteiger partial charge in [-0.05, 0) is 0 Å². The van der Waals surface area contributed by atoms with Crippen LogP contribution >= 0.6 is 0 Å². The van der Waals surface area contributed by atoms with Crippen LogP contribution in [0, 0.1) is 0 Å². The second-order valence-electron chi connectivity index (χ2n) is 2.12. The van der Waals surface area contributed by atoms with Gasteiger partial charge in [0.2, 0.25) is 0 Å². The predicted molar refractivity (Wildman–Crippen MR) is 35.9 cm³/mol. The van der Waals surface area contributed by atoms with Gasteiger partial charge in [0.1, 0.15) is 0 Å². The number of hydrogen-bond acceptors (Lipinski definition) is 3. The van der Waals surface area contributed by atoms with Gasteiger partial charge in [0.25, 0.3) is 0 Å². The van der Waals surface area contributed by atoms with E-state index in [0.29, 0.717) is 6.61 Å². The molecule has 0 aromatic heterocycles. The maximum atomic E-state index is 11.0. The summed E-state index contributed by atoms with van der Waals surface area (Å²) in [6.07, 6.45) is 0. The number of carbonyl (C=O) groups excluding carboxylic acids is 2. The zero-order chi connectivity index (χ0) is 8.85. The molecule has 0 saturated carbocycles. The summed E-state index contributed by atoms with van der Waals surface area (Å²) in [6.45, 7) is 3.86. The standard InChI is InChI=1S/C7H11O3.Ta/c1-3-10-5-7(9)4-6(2)8;/h4H,3,5H2,1-2H3;. The molecule has 4 heteroatoms. The molecule has 0 heterocycles. The minimum atomic E-state index is -0.401. The monoisotopic (exact) mass is 324 g/mol. The summed E-state index contributed by atoms with van der Waals surface area (Å²) < 4.78 is 4.48. The SMILES string of the molecule is CCOCC(=O)[CH]([Ta])C(C)=O. The molecule has 0 aromatic rings. The van der Waals surface area contributed by atoms with Crippen LogP contribution in [-0.4, -0.2) is 24.8 Å². The Kier molecular flexibility index (Phi) is 5.68. The number of rotatable bonds is 5. The second kappa shape index (κ2) is 5.66. The van der Waals surface area contributed by atoms with Crippen molar-refractivity contribution in [3.63, 3.8) is 0 Å². The number of ketones is 2. The third-order valence-electron chi connectivity index (χ3n) is 1.14. The second-order valence-corrected chi connectivity index (χ2v) is 3.97. The van der Waals surface area contributed by atoms with Crippen LogP contribution in [0.2, 0.25) is 4.14 Å². The minimum absolute atomic E-state index is 0.0527. The van der Waals surface area contributed by atoms with Gasteiger partial charge < -0.3 is 0 Å². The first-order valence-electron chi connectivity index (χ1n) is 3.38. The fourth-order valence-corrected chi connectivity index (χ4v) is 0.776. The molecule has 0 spiro atoms. The van der Waals surface area contributed by atoms with Gasteiger partial charge >= 0.3 is 78.2 Å². The number of ether oxygens (including phenoxy) is 1. The molecule has 0 amide bonds. The topological polar surface area (TPSA) is 43.4 Å². The normalized spacial score (nSPS) is 12.5. The van der Waals surface area contributed by atoms with Crippen molar-refractivity contribution in [2.24, 2.45) is 0 Å². The molecular formula is C7H11O3Ta. The van der Waals surface area contributed by atoms with E-state index in [9.17, 15) is 9.59 Å². The van der Waals surface area contributed by atoms with Gasteiger partial charge in [-0.1, -0.05) is 0 Å². The molecule has 0 aliphatic rings. The predicted octanol–water partition coefficient (Wildman–Crippen LogP) is 0.516. The Labute approximate surface area is 78.4 Å². The van der Waals surface area contributed by atoms with E-state index >= 15 is 0 Å². The molecule has 0 bridgehead atoms. The van der Waals surface area contributed by atoms with E-state index in [1.54, 1.807) is 0 Å². The number of carbonyl (C=O) groups is 2. The molecule has 0 aromatic carbocycles. The van der Waals surface area contributed by atoms with Crippen molar-refractivity contribution in [1.29, 1.82) is 0 Å². The molecule has 1 atom stereocenters. The number of Topliss-reactive ketones (excluding diaryl/α,β-unsaturated/α-hetero) is 2. The van der Waals surface area contributed by atoms with Crippen molar-refractivity contribution >= 4 is 11.6 Å². The van der Waals surface area contributed by atoms with Crippen molar-refractivity contribution in [3.05, 3.63) is 0 Å². The van der Waals surface area contributed by atoms with Gasteiger partial charge in [-0.3, -0.25) is 0 Å². The molecule has 0 saturated heterocycles. The maximum absolute atomic E-state index is 11.0. The van der Waals surface area contributed by atoms with Crippen molar-refractivity contribution < 1.29 is 35.4 Å². The first-order chi connectivity index (χ1) is 5.09. The Balaban J connectivity index is 3.74. The Morgan fingerprint density at radius 2 is 2.09 bits per heavy atom. The summed E-state index contributed by atoms with van der Waals surface area (Å²) in [4.78, 5) is 21.7. The van der Waals surface area contributed by atoms with Gasteiger partial charge in [-0.15, -0.1) is 0 Å². The summed E-state index contributed by atoms with van der Waals surface area (Å²) in [5.74, 6) is -0.143. The Morgan fingerprint density at radius 3 is 2.45 bits per heavy atom. The van der Waals surface area contributed by atoms with Crippen LogP contribution in [0.5, 0.6) is 0 Å². The van der Waals surface area contributed by atoms with E-state index in [0.717, 1.165) is 21.1 Å². The summed E-state index contributed by atoms with van der Waals surface area (Å²) in [7, 11) is 0. The Morgan fingerprint density at radius 1 is 1.55 bits per heavy atom. The fraction of sp³-hybridized carbons (Fsp3) is 0.714. The average molecular weight is 324 g/mol. The molecule has 11 heavy (non-hydrogen) atoms. The number of hydrogen-bond donors (Lipinski definition) is 0. The van der Waals surface area contributed by atoms with Crippen LogP contribution in [0.25, 0.3) is 0 Å². The molecule has 0 N–H and O–H groups in total. The first-order valence-corrected chi connectivity index (χ1v) is 5.24. The van der Waals surface area contributed by atoms with Gasteiger partial charge in [0, 0.05) is 0 Å². The third-order valence-corrected chi connectivity index (χ3v) is 3.48. The third kappa shape index (κ3) is 4.48. The van der Waals surface area contributed by atoms with Crippen LogP contribution in [0.1, 0.15) is 13.8 Å². The van der Waals surface area contributed by atoms with Crippen LogP contribution in [-0.2, 0) is 35.4 Å². The van der Waals surface area contributed by atoms with E-state index in [1.165, 1.54) is 6.92 Å². The molecule has 0 aliphatic carbocycles. The van der Waals surface area contributed by atoms with Crippen LogP contribution in [0.4, 0.5) is 0 Å². The van der Waals surface area contributed by atoms with E-state index in [-0.39, 0.29) is 18.2 Å². The van der Waals surface area contributed by atoms with Gasteiger partial charge in [0.15, 0.2) is 0 Å². The molecular weight excluding hydrogens is 313 g/mol. The van der Waals surface area contributed by atoms with E-state index in [1.807, 2.05) is 6.92 Å². The zero-order valence-electron chi connectivity index (χ0n) is 6.66. The molecule has 0 aliphatic heterocycles. The summed E-state index contributed by atoms with van der Waals surface area (Å²) in [5, 5.41) is 0. The van der Waals surface area contributed by atoms with Crippen molar-refractivity contribution in [2.45, 2.75) is 18.0 Å². The summed E-state index contributed by atoms with van der Waals surface area (Å²) in [5.41, 5.74) is 0.